The summed E-state index contributed by atoms with van der Waals surface area (Å²) in [5.74, 6) is 5.12. The first-order valence-corrected chi connectivity index (χ1v) is 6.47. The number of halogens is 2. The Morgan fingerprint density at radius 1 is 1.42 bits per heavy atom. The van der Waals surface area contributed by atoms with Crippen molar-refractivity contribution in [2.45, 2.75) is 26.4 Å². The molecule has 0 fully saturated rings. The van der Waals surface area contributed by atoms with Crippen molar-refractivity contribution in [1.82, 2.24) is 5.32 Å². The molecular formula is C14H15BrFNO2. The Morgan fingerprint density at radius 2 is 2.11 bits per heavy atom. The zero-order valence-corrected chi connectivity index (χ0v) is 12.6. The van der Waals surface area contributed by atoms with Gasteiger partial charge in [-0.15, -0.1) is 0 Å². The van der Waals surface area contributed by atoms with Crippen molar-refractivity contribution in [1.29, 1.82) is 0 Å². The first-order valence-electron chi connectivity index (χ1n) is 5.68. The highest BCUT2D eigenvalue weighted by atomic mass is 79.9. The molecule has 0 aliphatic carbocycles. The molecule has 0 aliphatic heterocycles. The van der Waals surface area contributed by atoms with Crippen LogP contribution in [-0.4, -0.2) is 18.2 Å². The molecule has 0 atom stereocenters. The van der Waals surface area contributed by atoms with E-state index in [-0.39, 0.29) is 12.4 Å². The van der Waals surface area contributed by atoms with Crippen LogP contribution in [0.5, 0.6) is 0 Å². The first-order chi connectivity index (χ1) is 8.76. The molecule has 0 saturated carbocycles. The van der Waals surface area contributed by atoms with Gasteiger partial charge in [-0.05, 0) is 39.0 Å². The number of ether oxygens (including phenoxy) is 1. The molecule has 0 aromatic heterocycles. The predicted octanol–water partition coefficient (Wildman–Crippen LogP) is 3.46. The highest BCUT2D eigenvalue weighted by Gasteiger charge is 2.14. The third-order valence-electron chi connectivity index (χ3n) is 1.82. The first kappa shape index (κ1) is 15.5. The second-order valence-corrected chi connectivity index (χ2v) is 5.73. The number of benzene rings is 1. The number of carbonyl (C=O) groups is 1. The topological polar surface area (TPSA) is 38.3 Å². The summed E-state index contributed by atoms with van der Waals surface area (Å²) in [6, 6.07) is 4.37. The van der Waals surface area contributed by atoms with Crippen LogP contribution in [0.1, 0.15) is 26.3 Å². The molecule has 0 radical (unpaired) electrons. The predicted molar refractivity (Wildman–Crippen MR) is 75.2 cm³/mol. The molecule has 1 rings (SSSR count). The van der Waals surface area contributed by atoms with Crippen LogP contribution in [0.3, 0.4) is 0 Å². The van der Waals surface area contributed by atoms with Gasteiger partial charge in [-0.3, -0.25) is 0 Å². The van der Waals surface area contributed by atoms with Gasteiger partial charge in [0, 0.05) is 10.0 Å². The Bertz CT molecular complexity index is 506. The minimum Gasteiger partial charge on any atom is -0.444 e. The average molecular weight is 328 g/mol. The molecule has 0 saturated heterocycles. The van der Waals surface area contributed by atoms with Crippen LogP contribution in [0.4, 0.5) is 9.18 Å². The summed E-state index contributed by atoms with van der Waals surface area (Å²) < 4.78 is 18.7. The highest BCUT2D eigenvalue weighted by molar-refractivity contribution is 9.10. The fourth-order valence-corrected chi connectivity index (χ4v) is 1.67. The summed E-state index contributed by atoms with van der Waals surface area (Å²) >= 11 is 3.18. The van der Waals surface area contributed by atoms with Crippen molar-refractivity contribution in [2.75, 3.05) is 6.54 Å². The molecule has 3 nitrogen and oxygen atoms in total. The number of rotatable bonds is 1. The standard InChI is InChI=1S/C14H15BrFNO2/c1-14(2,3)19-13(18)17-6-4-5-10-7-11(15)9-12(16)8-10/h7-9H,6H2,1-3H3,(H,17,18). The van der Waals surface area contributed by atoms with Crippen molar-refractivity contribution in [3.8, 4) is 11.8 Å². The third kappa shape index (κ3) is 6.82. The van der Waals surface area contributed by atoms with E-state index in [9.17, 15) is 9.18 Å². The second kappa shape index (κ2) is 6.58. The molecule has 0 unspecified atom stereocenters. The molecule has 102 valence electrons. The van der Waals surface area contributed by atoms with Gasteiger partial charge >= 0.3 is 6.09 Å². The van der Waals surface area contributed by atoms with Gasteiger partial charge in [0.05, 0.1) is 6.54 Å². The average Bonchev–Trinajstić information content (AvgIpc) is 2.20. The van der Waals surface area contributed by atoms with Crippen LogP contribution in [-0.2, 0) is 4.74 Å². The quantitative estimate of drug-likeness (QED) is 0.802. The zero-order valence-electron chi connectivity index (χ0n) is 11.0. The van der Waals surface area contributed by atoms with E-state index in [0.717, 1.165) is 0 Å². The lowest BCUT2D eigenvalue weighted by molar-refractivity contribution is 0.0535. The zero-order chi connectivity index (χ0) is 14.5. The number of alkyl carbamates (subject to hydrolysis) is 1. The lowest BCUT2D eigenvalue weighted by Gasteiger charge is -2.18. The largest absolute Gasteiger partial charge is 0.444 e. The molecule has 0 bridgehead atoms. The van der Waals surface area contributed by atoms with E-state index in [0.29, 0.717) is 10.0 Å². The van der Waals surface area contributed by atoms with Gasteiger partial charge in [0.1, 0.15) is 11.4 Å². The third-order valence-corrected chi connectivity index (χ3v) is 2.27. The minimum atomic E-state index is -0.537. The molecule has 19 heavy (non-hydrogen) atoms. The fraction of sp³-hybridized carbons (Fsp3) is 0.357. The molecule has 0 aliphatic rings. The normalized spacial score (nSPS) is 10.4. The van der Waals surface area contributed by atoms with E-state index < -0.39 is 11.7 Å². The molecule has 1 N–H and O–H groups in total. The number of amides is 1. The molecule has 0 spiro atoms. The summed E-state index contributed by atoms with van der Waals surface area (Å²) in [6.07, 6.45) is -0.526. The van der Waals surface area contributed by atoms with Crippen LogP contribution in [0.25, 0.3) is 0 Å². The van der Waals surface area contributed by atoms with Crippen LogP contribution < -0.4 is 5.32 Å². The van der Waals surface area contributed by atoms with Crippen LogP contribution >= 0.6 is 15.9 Å². The summed E-state index contributed by atoms with van der Waals surface area (Å²) in [5, 5.41) is 2.50. The lowest BCUT2D eigenvalue weighted by Crippen LogP contribution is -2.32. The Morgan fingerprint density at radius 3 is 2.68 bits per heavy atom. The van der Waals surface area contributed by atoms with Crippen LogP contribution in [0.15, 0.2) is 22.7 Å². The molecule has 0 heterocycles. The number of carbonyl (C=O) groups excluding carboxylic acids is 1. The Hall–Kier alpha value is -1.54. The van der Waals surface area contributed by atoms with E-state index in [1.165, 1.54) is 12.1 Å². The van der Waals surface area contributed by atoms with Crippen molar-refractivity contribution >= 4 is 22.0 Å². The van der Waals surface area contributed by atoms with Gasteiger partial charge in [0.25, 0.3) is 0 Å². The lowest BCUT2D eigenvalue weighted by atomic mass is 10.2. The molecular weight excluding hydrogens is 313 g/mol. The summed E-state index contributed by atoms with van der Waals surface area (Å²) in [4.78, 5) is 11.3. The van der Waals surface area contributed by atoms with Gasteiger partial charge in [-0.25, -0.2) is 9.18 Å². The smallest absolute Gasteiger partial charge is 0.408 e. The van der Waals surface area contributed by atoms with Gasteiger partial charge in [-0.2, -0.15) is 0 Å². The van der Waals surface area contributed by atoms with E-state index >= 15 is 0 Å². The highest BCUT2D eigenvalue weighted by Crippen LogP contribution is 2.13. The van der Waals surface area contributed by atoms with Crippen molar-refractivity contribution in [3.05, 3.63) is 34.1 Å². The van der Waals surface area contributed by atoms with E-state index in [1.54, 1.807) is 26.8 Å². The Labute approximate surface area is 120 Å². The van der Waals surface area contributed by atoms with Gasteiger partial charge < -0.3 is 10.1 Å². The van der Waals surface area contributed by atoms with Crippen molar-refractivity contribution in [3.63, 3.8) is 0 Å². The molecule has 1 aromatic rings. The number of nitrogens with one attached hydrogen (secondary N) is 1. The van der Waals surface area contributed by atoms with Crippen LogP contribution in [0, 0.1) is 17.7 Å². The monoisotopic (exact) mass is 327 g/mol. The maximum atomic E-state index is 13.1. The van der Waals surface area contributed by atoms with Gasteiger partial charge in [0.2, 0.25) is 0 Å². The second-order valence-electron chi connectivity index (χ2n) is 4.82. The van der Waals surface area contributed by atoms with Gasteiger partial charge in [0.15, 0.2) is 0 Å². The van der Waals surface area contributed by atoms with Gasteiger partial charge in [-0.1, -0.05) is 27.8 Å². The minimum absolute atomic E-state index is 0.142. The number of hydrogen-bond acceptors (Lipinski definition) is 2. The molecule has 1 aromatic carbocycles. The van der Waals surface area contributed by atoms with E-state index in [4.69, 9.17) is 4.74 Å². The van der Waals surface area contributed by atoms with Crippen LogP contribution in [0.2, 0.25) is 0 Å². The summed E-state index contributed by atoms with van der Waals surface area (Å²) in [5.41, 5.74) is 0.00292. The maximum Gasteiger partial charge on any atom is 0.408 e. The summed E-state index contributed by atoms with van der Waals surface area (Å²) in [6.45, 7) is 5.48. The van der Waals surface area contributed by atoms with Crippen molar-refractivity contribution < 1.29 is 13.9 Å². The molecule has 1 amide bonds. The van der Waals surface area contributed by atoms with E-state index in [1.807, 2.05) is 0 Å². The maximum absolute atomic E-state index is 13.1. The fourth-order valence-electron chi connectivity index (χ4n) is 1.20. The van der Waals surface area contributed by atoms with Crippen molar-refractivity contribution in [2.24, 2.45) is 0 Å². The Kier molecular flexibility index (Phi) is 5.37. The molecule has 5 heteroatoms. The Balaban J connectivity index is 2.50. The summed E-state index contributed by atoms with van der Waals surface area (Å²) in [7, 11) is 0. The SMILES string of the molecule is CC(C)(C)OC(=O)NCC#Cc1cc(F)cc(Br)c1. The van der Waals surface area contributed by atoms with E-state index in [2.05, 4.69) is 33.1 Å². The number of hydrogen-bond donors (Lipinski definition) is 1.